The minimum Gasteiger partial charge on any atom is -0.481 e. The Labute approximate surface area is 279 Å². The average Bonchev–Trinajstić information content (AvgIpc) is 3.11. The molecule has 1 aromatic heterocycles. The lowest BCUT2D eigenvalue weighted by Gasteiger charge is -2.36. The second kappa shape index (κ2) is 17.7. The van der Waals surface area contributed by atoms with Crippen LogP contribution in [0, 0.1) is 0 Å². The van der Waals surface area contributed by atoms with Crippen molar-refractivity contribution in [2.24, 2.45) is 0 Å². The van der Waals surface area contributed by atoms with Crippen LogP contribution in [0.1, 0.15) is 79.6 Å². The molecule has 1 fully saturated rings. The molecule has 5 rings (SSSR count). The zero-order valence-electron chi connectivity index (χ0n) is 26.3. The lowest BCUT2D eigenvalue weighted by atomic mass is 9.97. The highest BCUT2D eigenvalue weighted by atomic mass is 32.2. The quantitative estimate of drug-likeness (QED) is 0.0662. The van der Waals surface area contributed by atoms with Gasteiger partial charge in [0.2, 0.25) is 5.91 Å². The van der Waals surface area contributed by atoms with Gasteiger partial charge in [-0.1, -0.05) is 97.4 Å². The molecule has 0 radical (unpaired) electrons. The van der Waals surface area contributed by atoms with Crippen molar-refractivity contribution in [3.8, 4) is 11.1 Å². The Hall–Kier alpha value is -4.09. The van der Waals surface area contributed by atoms with E-state index < -0.39 is 12.3 Å². The monoisotopic (exact) mass is 655 g/mol. The molecule has 4 aromatic rings. The van der Waals surface area contributed by atoms with Crippen molar-refractivity contribution in [1.82, 2.24) is 15.3 Å². The summed E-state index contributed by atoms with van der Waals surface area (Å²) in [5.74, 6) is -0.107. The summed E-state index contributed by atoms with van der Waals surface area (Å²) in [7, 11) is 0. The fraction of sp³-hybridized carbons (Fsp3) is 0.351. The van der Waals surface area contributed by atoms with Gasteiger partial charge in [0, 0.05) is 49.5 Å². The molecule has 0 bridgehead atoms. The van der Waals surface area contributed by atoms with E-state index in [1.165, 1.54) is 0 Å². The van der Waals surface area contributed by atoms with Gasteiger partial charge in [-0.25, -0.2) is 9.97 Å². The average molecular weight is 656 g/mol. The Bertz CT molecular complexity index is 1570. The third-order valence-corrected chi connectivity index (χ3v) is 9.09. The summed E-state index contributed by atoms with van der Waals surface area (Å²) in [5.41, 5.74) is 5.88. The summed E-state index contributed by atoms with van der Waals surface area (Å²) in [6.45, 7) is 0.416. The van der Waals surface area contributed by atoms with E-state index in [9.17, 15) is 14.7 Å². The maximum atomic E-state index is 12.5. The molecule has 9 nitrogen and oxygen atoms in total. The van der Waals surface area contributed by atoms with Crippen molar-refractivity contribution >= 4 is 23.6 Å². The first-order valence-corrected chi connectivity index (χ1v) is 17.0. The van der Waals surface area contributed by atoms with Crippen LogP contribution in [0.2, 0.25) is 0 Å². The maximum absolute atomic E-state index is 12.5. The van der Waals surface area contributed by atoms with Crippen LogP contribution in [0.3, 0.4) is 0 Å². The number of ether oxygens (including phenoxy) is 2. The van der Waals surface area contributed by atoms with Gasteiger partial charge in [0.15, 0.2) is 11.4 Å². The lowest BCUT2D eigenvalue weighted by molar-refractivity contribution is -0.245. The van der Waals surface area contributed by atoms with Gasteiger partial charge in [-0.3, -0.25) is 9.59 Å². The number of aliphatic hydroxyl groups is 1. The molecule has 1 saturated heterocycles. The van der Waals surface area contributed by atoms with Gasteiger partial charge in [0.25, 0.3) is 0 Å². The van der Waals surface area contributed by atoms with Crippen molar-refractivity contribution in [3.05, 3.63) is 114 Å². The minimum atomic E-state index is -0.778. The van der Waals surface area contributed by atoms with E-state index in [1.807, 2.05) is 54.6 Å². The number of thioether (sulfide) groups is 1. The number of nitrogens with one attached hydrogen (secondary N) is 1. The smallest absolute Gasteiger partial charge is 0.303 e. The normalized spacial score (nSPS) is 17.7. The van der Waals surface area contributed by atoms with E-state index in [0.29, 0.717) is 36.7 Å². The predicted octanol–water partition coefficient (Wildman–Crippen LogP) is 7.02. The zero-order valence-corrected chi connectivity index (χ0v) is 27.1. The van der Waals surface area contributed by atoms with Crippen molar-refractivity contribution in [2.45, 2.75) is 81.8 Å². The fourth-order valence-corrected chi connectivity index (χ4v) is 6.34. The molecule has 0 saturated carbocycles. The Balaban J connectivity index is 1.23. The molecule has 0 aliphatic carbocycles. The number of hydrogen-bond acceptors (Lipinski definition) is 8. The first kappa shape index (κ1) is 34.3. The molecule has 10 heteroatoms. The first-order chi connectivity index (χ1) is 23.0. The third kappa shape index (κ3) is 10.5. The lowest BCUT2D eigenvalue weighted by Crippen LogP contribution is -2.31. The molecule has 1 aliphatic heterocycles. The molecule has 3 N–H and O–H groups in total. The molecule has 1 aliphatic rings. The zero-order chi connectivity index (χ0) is 32.8. The van der Waals surface area contributed by atoms with Crippen LogP contribution in [-0.4, -0.2) is 43.9 Å². The molecular weight excluding hydrogens is 614 g/mol. The number of unbranched alkanes of at least 4 members (excludes halogenated alkanes) is 3. The van der Waals surface area contributed by atoms with Crippen molar-refractivity contribution in [3.63, 3.8) is 0 Å². The number of aromatic nitrogens is 2. The minimum absolute atomic E-state index is 0.00664. The summed E-state index contributed by atoms with van der Waals surface area (Å²) < 4.78 is 13.0. The van der Waals surface area contributed by atoms with E-state index in [2.05, 4.69) is 33.5 Å². The second-order valence-corrected chi connectivity index (χ2v) is 12.5. The van der Waals surface area contributed by atoms with Crippen LogP contribution in [0.4, 0.5) is 0 Å². The van der Waals surface area contributed by atoms with E-state index in [-0.39, 0.29) is 31.1 Å². The van der Waals surface area contributed by atoms with Crippen LogP contribution in [0.5, 0.6) is 0 Å². The highest BCUT2D eigenvalue weighted by Crippen LogP contribution is 2.39. The number of rotatable bonds is 16. The number of amides is 1. The number of carbonyl (C=O) groups is 2. The molecule has 246 valence electrons. The van der Waals surface area contributed by atoms with Gasteiger partial charge in [0.1, 0.15) is 0 Å². The standard InChI is InChI=1S/C37H41N3O6S/c41-24-26-12-14-28(15-13-26)33-22-31(25-47-37-38-20-7-21-39-37)45-36(46-33)29-18-16-27(17-19-29)32-9-6-5-8-30(32)23-40-34(42)10-3-1-2-4-11-35(43)44/h5-9,12-21,31,33,36,41H,1-4,10-11,22-25H2,(H,40,42)(H,43,44)/t31-,33+,36+/m1/s1. The van der Waals surface area contributed by atoms with Crippen LogP contribution in [0.25, 0.3) is 11.1 Å². The Morgan fingerprint density at radius 3 is 2.26 bits per heavy atom. The van der Waals surface area contributed by atoms with Crippen molar-refractivity contribution < 1.29 is 29.3 Å². The molecule has 0 spiro atoms. The Morgan fingerprint density at radius 2 is 1.53 bits per heavy atom. The number of carbonyl (C=O) groups excluding carboxylic acids is 1. The van der Waals surface area contributed by atoms with Crippen LogP contribution < -0.4 is 5.32 Å². The highest BCUT2D eigenvalue weighted by Gasteiger charge is 2.32. The number of carboxylic acids is 1. The SMILES string of the molecule is O=C(O)CCCCCCC(=O)NCc1ccccc1-c1ccc([C@H]2O[C@@H](CSc3ncccn3)C[C@@H](c3ccc(CO)cc3)O2)cc1. The number of aliphatic hydroxyl groups excluding tert-OH is 1. The van der Waals surface area contributed by atoms with Gasteiger partial charge < -0.3 is 25.0 Å². The molecule has 47 heavy (non-hydrogen) atoms. The van der Waals surface area contributed by atoms with Gasteiger partial charge in [-0.05, 0) is 46.7 Å². The second-order valence-electron chi connectivity index (χ2n) is 11.6. The van der Waals surface area contributed by atoms with Crippen LogP contribution in [-0.2, 0) is 32.2 Å². The van der Waals surface area contributed by atoms with Crippen molar-refractivity contribution in [2.75, 3.05) is 5.75 Å². The van der Waals surface area contributed by atoms with E-state index in [0.717, 1.165) is 52.6 Å². The van der Waals surface area contributed by atoms with Crippen LogP contribution >= 0.6 is 11.8 Å². The maximum Gasteiger partial charge on any atom is 0.303 e. The summed E-state index contributed by atoms with van der Waals surface area (Å²) >= 11 is 1.56. The third-order valence-electron chi connectivity index (χ3n) is 8.09. The Morgan fingerprint density at radius 1 is 0.830 bits per heavy atom. The first-order valence-electron chi connectivity index (χ1n) is 16.1. The van der Waals surface area contributed by atoms with E-state index >= 15 is 0 Å². The van der Waals surface area contributed by atoms with Gasteiger partial charge in [0.05, 0.1) is 18.8 Å². The Kier molecular flexibility index (Phi) is 12.9. The molecule has 0 unspecified atom stereocenters. The predicted molar refractivity (Wildman–Crippen MR) is 180 cm³/mol. The molecule has 1 amide bonds. The number of nitrogens with zero attached hydrogens (tertiary/aromatic N) is 2. The summed E-state index contributed by atoms with van der Waals surface area (Å²) in [4.78, 5) is 31.8. The summed E-state index contributed by atoms with van der Waals surface area (Å²) in [5, 5.41) is 22.0. The van der Waals surface area contributed by atoms with E-state index in [4.69, 9.17) is 14.6 Å². The molecule has 3 aromatic carbocycles. The topological polar surface area (TPSA) is 131 Å². The molecule has 3 atom stereocenters. The fourth-order valence-electron chi connectivity index (χ4n) is 5.52. The summed E-state index contributed by atoms with van der Waals surface area (Å²) in [6.07, 6.45) is 6.95. The number of aliphatic carboxylic acids is 1. The van der Waals surface area contributed by atoms with Crippen LogP contribution in [0.15, 0.2) is 96.4 Å². The van der Waals surface area contributed by atoms with Crippen molar-refractivity contribution in [1.29, 1.82) is 0 Å². The number of carboxylic acid groups (broad SMARTS) is 1. The molecular formula is C37H41N3O6S. The number of benzene rings is 3. The number of hydrogen-bond donors (Lipinski definition) is 3. The largest absolute Gasteiger partial charge is 0.481 e. The summed E-state index contributed by atoms with van der Waals surface area (Å²) in [6, 6.07) is 25.9. The van der Waals surface area contributed by atoms with E-state index in [1.54, 1.807) is 30.2 Å². The van der Waals surface area contributed by atoms with Gasteiger partial charge in [-0.15, -0.1) is 0 Å². The van der Waals surface area contributed by atoms with Gasteiger partial charge in [-0.2, -0.15) is 0 Å². The molecule has 2 heterocycles. The van der Waals surface area contributed by atoms with Gasteiger partial charge >= 0.3 is 5.97 Å². The highest BCUT2D eigenvalue weighted by molar-refractivity contribution is 7.99.